The highest BCUT2D eigenvalue weighted by molar-refractivity contribution is 5.84. The SMILES string of the molecule is NC1(C(=O)OC2CN3CCC2CC3)CCc2ccccc21. The Balaban J connectivity index is 1.53. The van der Waals surface area contributed by atoms with E-state index in [0.717, 1.165) is 44.5 Å². The van der Waals surface area contributed by atoms with Crippen molar-refractivity contribution in [3.05, 3.63) is 35.4 Å². The summed E-state index contributed by atoms with van der Waals surface area (Å²) in [5.74, 6) is 0.297. The molecule has 2 N–H and O–H groups in total. The summed E-state index contributed by atoms with van der Waals surface area (Å²) in [6, 6.07) is 7.99. The van der Waals surface area contributed by atoms with Crippen molar-refractivity contribution in [2.24, 2.45) is 11.7 Å². The van der Waals surface area contributed by atoms with Crippen molar-refractivity contribution >= 4 is 5.97 Å². The molecule has 112 valence electrons. The minimum absolute atomic E-state index is 0.0354. The summed E-state index contributed by atoms with van der Waals surface area (Å²) >= 11 is 0. The van der Waals surface area contributed by atoms with Crippen LogP contribution in [-0.2, 0) is 21.5 Å². The molecule has 4 nitrogen and oxygen atoms in total. The van der Waals surface area contributed by atoms with Crippen LogP contribution in [0.2, 0.25) is 0 Å². The average molecular weight is 286 g/mol. The van der Waals surface area contributed by atoms with Crippen molar-refractivity contribution in [3.8, 4) is 0 Å². The number of hydrogen-bond donors (Lipinski definition) is 1. The van der Waals surface area contributed by atoms with Gasteiger partial charge in [-0.25, -0.2) is 4.79 Å². The van der Waals surface area contributed by atoms with Crippen LogP contribution in [0.1, 0.15) is 30.4 Å². The number of benzene rings is 1. The molecule has 1 aliphatic carbocycles. The predicted octanol–water partition coefficient (Wildman–Crippen LogP) is 1.42. The summed E-state index contributed by atoms with van der Waals surface area (Å²) in [7, 11) is 0. The maximum Gasteiger partial charge on any atom is 0.331 e. The third-order valence-electron chi connectivity index (χ3n) is 5.51. The molecule has 2 unspecified atom stereocenters. The number of nitrogens with two attached hydrogens (primary N) is 1. The lowest BCUT2D eigenvalue weighted by Gasteiger charge is -2.44. The lowest BCUT2D eigenvalue weighted by Crippen LogP contribution is -2.54. The van der Waals surface area contributed by atoms with Gasteiger partial charge in [0, 0.05) is 6.54 Å². The molecule has 0 spiro atoms. The van der Waals surface area contributed by atoms with Gasteiger partial charge in [0.05, 0.1) is 0 Å². The van der Waals surface area contributed by atoms with Gasteiger partial charge in [-0.2, -0.15) is 0 Å². The van der Waals surface area contributed by atoms with E-state index < -0.39 is 5.54 Å². The number of esters is 1. The van der Waals surface area contributed by atoms with E-state index in [1.54, 1.807) is 0 Å². The molecule has 2 bridgehead atoms. The number of aryl methyl sites for hydroxylation is 1. The molecular formula is C17H22N2O2. The Bertz CT molecular complexity index is 566. The van der Waals surface area contributed by atoms with E-state index in [9.17, 15) is 4.79 Å². The summed E-state index contributed by atoms with van der Waals surface area (Å²) in [5.41, 5.74) is 7.64. The van der Waals surface area contributed by atoms with Crippen molar-refractivity contribution in [1.29, 1.82) is 0 Å². The van der Waals surface area contributed by atoms with E-state index in [1.165, 1.54) is 5.56 Å². The lowest BCUT2D eigenvalue weighted by molar-refractivity contribution is -0.165. The Morgan fingerprint density at radius 1 is 1.29 bits per heavy atom. The van der Waals surface area contributed by atoms with E-state index in [2.05, 4.69) is 11.0 Å². The van der Waals surface area contributed by atoms with Gasteiger partial charge in [-0.15, -0.1) is 0 Å². The second-order valence-electron chi connectivity index (χ2n) is 6.71. The molecule has 3 aliphatic heterocycles. The first kappa shape index (κ1) is 13.3. The van der Waals surface area contributed by atoms with Crippen molar-refractivity contribution < 1.29 is 9.53 Å². The average Bonchev–Trinajstić information content (AvgIpc) is 2.88. The molecule has 2 atom stereocenters. The number of hydrogen-bond acceptors (Lipinski definition) is 4. The fourth-order valence-corrected chi connectivity index (χ4v) is 4.14. The third kappa shape index (κ3) is 2.09. The van der Waals surface area contributed by atoms with Crippen LogP contribution in [0.3, 0.4) is 0 Å². The van der Waals surface area contributed by atoms with E-state index in [-0.39, 0.29) is 12.1 Å². The second-order valence-corrected chi connectivity index (χ2v) is 6.71. The van der Waals surface area contributed by atoms with Crippen molar-refractivity contribution in [2.75, 3.05) is 19.6 Å². The second kappa shape index (κ2) is 4.82. The highest BCUT2D eigenvalue weighted by atomic mass is 16.5. The maximum absolute atomic E-state index is 12.7. The fraction of sp³-hybridized carbons (Fsp3) is 0.588. The molecule has 21 heavy (non-hydrogen) atoms. The smallest absolute Gasteiger partial charge is 0.331 e. The van der Waals surface area contributed by atoms with Crippen LogP contribution in [0, 0.1) is 5.92 Å². The summed E-state index contributed by atoms with van der Waals surface area (Å²) in [5, 5.41) is 0. The van der Waals surface area contributed by atoms with Gasteiger partial charge < -0.3 is 10.5 Å². The molecule has 1 aromatic rings. The van der Waals surface area contributed by atoms with Gasteiger partial charge in [-0.05, 0) is 55.8 Å². The predicted molar refractivity (Wildman–Crippen MR) is 79.7 cm³/mol. The first-order valence-corrected chi connectivity index (χ1v) is 7.97. The van der Waals surface area contributed by atoms with Gasteiger partial charge in [0.1, 0.15) is 11.6 Å². The van der Waals surface area contributed by atoms with Crippen molar-refractivity contribution in [2.45, 2.75) is 37.3 Å². The van der Waals surface area contributed by atoms with Gasteiger partial charge in [0.25, 0.3) is 0 Å². The molecule has 0 saturated carbocycles. The van der Waals surface area contributed by atoms with Gasteiger partial charge in [0.15, 0.2) is 0 Å². The molecule has 5 rings (SSSR count). The normalized spacial score (nSPS) is 37.3. The van der Waals surface area contributed by atoms with Crippen molar-refractivity contribution in [1.82, 2.24) is 4.90 Å². The van der Waals surface area contributed by atoms with E-state index in [0.29, 0.717) is 12.3 Å². The monoisotopic (exact) mass is 286 g/mol. The molecule has 0 radical (unpaired) electrons. The highest BCUT2D eigenvalue weighted by Crippen LogP contribution is 2.37. The topological polar surface area (TPSA) is 55.6 Å². The Hall–Kier alpha value is -1.39. The Morgan fingerprint density at radius 2 is 2.05 bits per heavy atom. The van der Waals surface area contributed by atoms with Crippen LogP contribution in [0.15, 0.2) is 24.3 Å². The molecular weight excluding hydrogens is 264 g/mol. The van der Waals surface area contributed by atoms with Crippen LogP contribution >= 0.6 is 0 Å². The number of fused-ring (bicyclic) bond motifs is 4. The number of carbonyl (C=O) groups is 1. The summed E-state index contributed by atoms with van der Waals surface area (Å²) in [4.78, 5) is 15.1. The quantitative estimate of drug-likeness (QED) is 0.836. The molecule has 1 aromatic carbocycles. The van der Waals surface area contributed by atoms with E-state index in [1.807, 2.05) is 18.2 Å². The number of ether oxygens (including phenoxy) is 1. The van der Waals surface area contributed by atoms with Crippen LogP contribution < -0.4 is 5.73 Å². The van der Waals surface area contributed by atoms with Crippen LogP contribution in [0.5, 0.6) is 0 Å². The molecule has 4 heteroatoms. The lowest BCUT2D eigenvalue weighted by atomic mass is 9.85. The van der Waals surface area contributed by atoms with Crippen LogP contribution in [0.4, 0.5) is 0 Å². The molecule has 3 fully saturated rings. The third-order valence-corrected chi connectivity index (χ3v) is 5.51. The number of rotatable bonds is 2. The van der Waals surface area contributed by atoms with Gasteiger partial charge in [-0.3, -0.25) is 4.90 Å². The Kier molecular flexibility index (Phi) is 3.05. The summed E-state index contributed by atoms with van der Waals surface area (Å²) in [6.45, 7) is 3.18. The number of piperidine rings is 3. The first-order valence-electron chi connectivity index (χ1n) is 7.97. The Labute approximate surface area is 125 Å². The zero-order valence-corrected chi connectivity index (χ0v) is 12.3. The van der Waals surface area contributed by atoms with Crippen LogP contribution in [-0.4, -0.2) is 36.6 Å². The zero-order valence-electron chi connectivity index (χ0n) is 12.3. The number of carbonyl (C=O) groups excluding carboxylic acids is 1. The maximum atomic E-state index is 12.7. The standard InChI is InChI=1S/C17H22N2O2/c18-17(8-5-12-3-1-2-4-14(12)17)16(20)21-15-11-19-9-6-13(15)7-10-19/h1-4,13,15H,5-11,18H2. The minimum atomic E-state index is -0.942. The largest absolute Gasteiger partial charge is 0.459 e. The molecule has 0 aromatic heterocycles. The van der Waals surface area contributed by atoms with Gasteiger partial charge in [-0.1, -0.05) is 24.3 Å². The molecule has 3 saturated heterocycles. The molecule has 0 amide bonds. The number of nitrogens with zero attached hydrogens (tertiary/aromatic N) is 1. The van der Waals surface area contributed by atoms with Gasteiger partial charge >= 0.3 is 5.97 Å². The summed E-state index contributed by atoms with van der Waals surface area (Å²) in [6.07, 6.45) is 3.85. The van der Waals surface area contributed by atoms with Gasteiger partial charge in [0.2, 0.25) is 0 Å². The van der Waals surface area contributed by atoms with Crippen molar-refractivity contribution in [3.63, 3.8) is 0 Å². The molecule has 3 heterocycles. The zero-order chi connectivity index (χ0) is 14.4. The minimum Gasteiger partial charge on any atom is -0.459 e. The van der Waals surface area contributed by atoms with Crippen LogP contribution in [0.25, 0.3) is 0 Å². The summed E-state index contributed by atoms with van der Waals surface area (Å²) < 4.78 is 5.86. The highest BCUT2D eigenvalue weighted by Gasteiger charge is 2.46. The first-order chi connectivity index (χ1) is 10.2. The fourth-order valence-electron chi connectivity index (χ4n) is 4.14. The van der Waals surface area contributed by atoms with E-state index in [4.69, 9.17) is 10.5 Å². The Morgan fingerprint density at radius 3 is 2.76 bits per heavy atom. The molecule has 4 aliphatic rings. The van der Waals surface area contributed by atoms with E-state index >= 15 is 0 Å².